The molecule has 16 heavy (non-hydrogen) atoms. The van der Waals surface area contributed by atoms with Crippen LogP contribution in [0.2, 0.25) is 0 Å². The average molecular weight is 305 g/mol. The van der Waals surface area contributed by atoms with Crippen LogP contribution >= 0.6 is 27.5 Å². The van der Waals surface area contributed by atoms with Crippen LogP contribution in [0.3, 0.4) is 0 Å². The van der Waals surface area contributed by atoms with E-state index in [9.17, 15) is 4.79 Å². The lowest BCUT2D eigenvalue weighted by Gasteiger charge is -2.27. The third kappa shape index (κ3) is 3.22. The zero-order valence-corrected chi connectivity index (χ0v) is 11.7. The molecule has 0 bridgehead atoms. The highest BCUT2D eigenvalue weighted by Gasteiger charge is 2.24. The first-order chi connectivity index (χ1) is 7.52. The Bertz CT molecular complexity index is 377. The van der Waals surface area contributed by atoms with Crippen LogP contribution in [0, 0.1) is 0 Å². The minimum atomic E-state index is -0.353. The van der Waals surface area contributed by atoms with E-state index in [1.165, 1.54) is 0 Å². The van der Waals surface area contributed by atoms with E-state index in [0.717, 1.165) is 10.9 Å². The molecule has 1 aromatic carbocycles. The topological polar surface area (TPSA) is 29.1 Å². The van der Waals surface area contributed by atoms with Crippen LogP contribution < -0.4 is 5.32 Å². The maximum atomic E-state index is 12.0. The van der Waals surface area contributed by atoms with Crippen LogP contribution in [-0.2, 0) is 0 Å². The van der Waals surface area contributed by atoms with Gasteiger partial charge in [-0.1, -0.05) is 19.1 Å². The van der Waals surface area contributed by atoms with E-state index in [2.05, 4.69) is 21.2 Å². The highest BCUT2D eigenvalue weighted by Crippen LogP contribution is 2.18. The number of carbonyl (C=O) groups excluding carboxylic acids is 1. The zero-order valence-electron chi connectivity index (χ0n) is 9.39. The molecule has 0 saturated heterocycles. The highest BCUT2D eigenvalue weighted by molar-refractivity contribution is 9.10. The van der Waals surface area contributed by atoms with Crippen LogP contribution in [-0.4, -0.2) is 17.3 Å². The maximum absolute atomic E-state index is 12.0. The number of hydrogen-bond acceptors (Lipinski definition) is 1. The van der Waals surface area contributed by atoms with Crippen molar-refractivity contribution in [1.82, 2.24) is 5.32 Å². The van der Waals surface area contributed by atoms with Gasteiger partial charge in [0.1, 0.15) is 0 Å². The predicted octanol–water partition coefficient (Wildman–Crippen LogP) is 3.59. The summed E-state index contributed by atoms with van der Waals surface area (Å²) in [5.41, 5.74) is 0.278. The van der Waals surface area contributed by atoms with E-state index in [1.807, 2.05) is 32.0 Å². The van der Waals surface area contributed by atoms with E-state index in [1.54, 1.807) is 6.07 Å². The normalized spacial score (nSPS) is 14.2. The summed E-state index contributed by atoms with van der Waals surface area (Å²) in [4.78, 5) is 12.0. The third-order valence-electron chi connectivity index (χ3n) is 2.61. The highest BCUT2D eigenvalue weighted by atomic mass is 79.9. The van der Waals surface area contributed by atoms with Crippen molar-refractivity contribution in [3.63, 3.8) is 0 Å². The molecule has 0 fully saturated rings. The van der Waals surface area contributed by atoms with E-state index in [-0.39, 0.29) is 11.4 Å². The Balaban J connectivity index is 2.84. The standard InChI is InChI=1S/C12H15BrClNO/c1-3-12(2,8-14)15-11(16)9-6-4-5-7-10(9)13/h4-7H,3,8H2,1-2H3,(H,15,16). The molecule has 1 unspecified atom stereocenters. The van der Waals surface area contributed by atoms with Gasteiger partial charge in [0.2, 0.25) is 0 Å². The number of benzene rings is 1. The van der Waals surface area contributed by atoms with Gasteiger partial charge in [-0.2, -0.15) is 0 Å². The van der Waals surface area contributed by atoms with E-state index in [0.29, 0.717) is 11.4 Å². The Kier molecular flexibility index (Phi) is 4.81. The van der Waals surface area contributed by atoms with Crippen LogP contribution in [0.25, 0.3) is 0 Å². The van der Waals surface area contributed by atoms with Gasteiger partial charge in [-0.05, 0) is 41.4 Å². The van der Waals surface area contributed by atoms with Crippen LogP contribution in [0.1, 0.15) is 30.6 Å². The number of rotatable bonds is 4. The second kappa shape index (κ2) is 5.69. The molecule has 88 valence electrons. The molecule has 0 aliphatic carbocycles. The lowest BCUT2D eigenvalue weighted by molar-refractivity contribution is 0.0911. The van der Waals surface area contributed by atoms with Gasteiger partial charge in [-0.3, -0.25) is 4.79 Å². The summed E-state index contributed by atoms with van der Waals surface area (Å²) >= 11 is 9.21. The fourth-order valence-corrected chi connectivity index (χ4v) is 1.92. The second-order valence-corrected chi connectivity index (χ2v) is 5.10. The summed E-state index contributed by atoms with van der Waals surface area (Å²) in [6.07, 6.45) is 0.798. The molecule has 0 heterocycles. The quantitative estimate of drug-likeness (QED) is 0.846. The number of carbonyl (C=O) groups is 1. The fourth-order valence-electron chi connectivity index (χ4n) is 1.20. The summed E-state index contributed by atoms with van der Waals surface area (Å²) in [6, 6.07) is 7.34. The summed E-state index contributed by atoms with van der Waals surface area (Å²) in [6.45, 7) is 3.94. The van der Waals surface area contributed by atoms with Crippen LogP contribution in [0.4, 0.5) is 0 Å². The Morgan fingerprint density at radius 3 is 2.62 bits per heavy atom. The molecule has 0 aliphatic heterocycles. The van der Waals surface area contributed by atoms with E-state index >= 15 is 0 Å². The average Bonchev–Trinajstić information content (AvgIpc) is 2.29. The molecule has 2 nitrogen and oxygen atoms in total. The molecule has 0 spiro atoms. The van der Waals surface area contributed by atoms with E-state index in [4.69, 9.17) is 11.6 Å². The molecular formula is C12H15BrClNO. The van der Waals surface area contributed by atoms with Crippen LogP contribution in [0.5, 0.6) is 0 Å². The molecule has 0 radical (unpaired) electrons. The predicted molar refractivity (Wildman–Crippen MR) is 71.0 cm³/mol. The number of halogens is 2. The molecule has 1 N–H and O–H groups in total. The van der Waals surface area contributed by atoms with Gasteiger partial charge in [0, 0.05) is 10.4 Å². The molecule has 1 rings (SSSR count). The second-order valence-electron chi connectivity index (χ2n) is 3.98. The van der Waals surface area contributed by atoms with Crippen molar-refractivity contribution in [2.45, 2.75) is 25.8 Å². The van der Waals surface area contributed by atoms with Gasteiger partial charge in [-0.25, -0.2) is 0 Å². The van der Waals surface area contributed by atoms with Gasteiger partial charge in [0.05, 0.1) is 11.1 Å². The number of amides is 1. The van der Waals surface area contributed by atoms with Crippen molar-refractivity contribution in [3.8, 4) is 0 Å². The van der Waals surface area contributed by atoms with Crippen molar-refractivity contribution in [3.05, 3.63) is 34.3 Å². The van der Waals surface area contributed by atoms with Gasteiger partial charge >= 0.3 is 0 Å². The Labute approximate surface area is 110 Å². The molecule has 1 aromatic rings. The third-order valence-corrected chi connectivity index (χ3v) is 3.89. The molecular weight excluding hydrogens is 289 g/mol. The first-order valence-corrected chi connectivity index (χ1v) is 6.48. The molecule has 0 saturated carbocycles. The smallest absolute Gasteiger partial charge is 0.252 e. The van der Waals surface area contributed by atoms with Gasteiger partial charge in [0.15, 0.2) is 0 Å². The summed E-state index contributed by atoms with van der Waals surface area (Å²) in [7, 11) is 0. The summed E-state index contributed by atoms with van der Waals surface area (Å²) in [5, 5.41) is 2.95. The van der Waals surface area contributed by atoms with Crippen molar-refractivity contribution in [1.29, 1.82) is 0 Å². The summed E-state index contributed by atoms with van der Waals surface area (Å²) < 4.78 is 0.792. The van der Waals surface area contributed by atoms with Gasteiger partial charge in [0.25, 0.3) is 5.91 Å². The maximum Gasteiger partial charge on any atom is 0.252 e. The van der Waals surface area contributed by atoms with Crippen molar-refractivity contribution < 1.29 is 4.79 Å². The van der Waals surface area contributed by atoms with Crippen molar-refractivity contribution in [2.75, 3.05) is 5.88 Å². The molecule has 0 aromatic heterocycles. The first-order valence-electron chi connectivity index (χ1n) is 5.15. The Hall–Kier alpha value is -0.540. The Morgan fingerprint density at radius 1 is 1.50 bits per heavy atom. The monoisotopic (exact) mass is 303 g/mol. The summed E-state index contributed by atoms with van der Waals surface area (Å²) in [5.74, 6) is 0.303. The van der Waals surface area contributed by atoms with Crippen molar-refractivity contribution in [2.24, 2.45) is 0 Å². The number of alkyl halides is 1. The van der Waals surface area contributed by atoms with Crippen molar-refractivity contribution >= 4 is 33.4 Å². The van der Waals surface area contributed by atoms with E-state index < -0.39 is 0 Å². The first kappa shape index (κ1) is 13.5. The lowest BCUT2D eigenvalue weighted by Crippen LogP contribution is -2.47. The largest absolute Gasteiger partial charge is 0.346 e. The SMILES string of the molecule is CCC(C)(CCl)NC(=O)c1ccccc1Br. The number of nitrogens with one attached hydrogen (secondary N) is 1. The number of hydrogen-bond donors (Lipinski definition) is 1. The molecule has 4 heteroatoms. The zero-order chi connectivity index (χ0) is 12.2. The van der Waals surface area contributed by atoms with Gasteiger partial charge < -0.3 is 5.32 Å². The fraction of sp³-hybridized carbons (Fsp3) is 0.417. The Morgan fingerprint density at radius 2 is 2.12 bits per heavy atom. The molecule has 0 aliphatic rings. The lowest BCUT2D eigenvalue weighted by atomic mass is 10.0. The van der Waals surface area contributed by atoms with Crippen LogP contribution in [0.15, 0.2) is 28.7 Å². The van der Waals surface area contributed by atoms with Gasteiger partial charge in [-0.15, -0.1) is 11.6 Å². The molecule has 1 atom stereocenters. The minimum Gasteiger partial charge on any atom is -0.346 e. The molecule has 1 amide bonds. The minimum absolute atomic E-state index is 0.0996.